The second-order valence-electron chi connectivity index (χ2n) is 4.84. The van der Waals surface area contributed by atoms with Crippen LogP contribution in [0, 0.1) is 5.82 Å². The number of thiazole rings is 1. The van der Waals surface area contributed by atoms with E-state index < -0.39 is 0 Å². The van der Waals surface area contributed by atoms with E-state index in [9.17, 15) is 4.39 Å². The lowest BCUT2D eigenvalue weighted by molar-refractivity contribution is 0.628. The largest absolute Gasteiger partial charge is 0.363 e. The van der Waals surface area contributed by atoms with E-state index in [1.807, 2.05) is 10.8 Å². The predicted octanol–water partition coefficient (Wildman–Crippen LogP) is 4.57. The monoisotopic (exact) mass is 342 g/mol. The van der Waals surface area contributed by atoms with Crippen molar-refractivity contribution in [3.63, 3.8) is 0 Å². The van der Waals surface area contributed by atoms with Gasteiger partial charge in [0.25, 0.3) is 0 Å². The normalized spacial score (nSPS) is 11.0. The van der Waals surface area contributed by atoms with E-state index in [1.165, 1.54) is 12.1 Å². The molecular weight excluding hydrogens is 331 g/mol. The number of thiophene rings is 1. The molecule has 0 fully saturated rings. The summed E-state index contributed by atoms with van der Waals surface area (Å²) in [7, 11) is 0. The maximum absolute atomic E-state index is 13.2. The number of aromatic nitrogens is 3. The van der Waals surface area contributed by atoms with Gasteiger partial charge in [-0.3, -0.25) is 0 Å². The van der Waals surface area contributed by atoms with Crippen LogP contribution in [0.2, 0.25) is 0 Å². The number of halogens is 1. The number of hydrogen-bond acceptors (Lipinski definition) is 6. The molecule has 0 spiro atoms. The van der Waals surface area contributed by atoms with Gasteiger partial charge in [0.2, 0.25) is 0 Å². The summed E-state index contributed by atoms with van der Waals surface area (Å²) in [5, 5.41) is 9.26. The van der Waals surface area contributed by atoms with Crippen LogP contribution in [0.1, 0.15) is 5.01 Å². The summed E-state index contributed by atoms with van der Waals surface area (Å²) in [6, 6.07) is 6.47. The van der Waals surface area contributed by atoms with E-state index >= 15 is 0 Å². The van der Waals surface area contributed by atoms with Crippen molar-refractivity contribution in [3.05, 3.63) is 58.4 Å². The van der Waals surface area contributed by atoms with Gasteiger partial charge in [0.05, 0.1) is 11.9 Å². The Morgan fingerprint density at radius 2 is 1.91 bits per heavy atom. The Bertz CT molecular complexity index is 933. The number of anilines is 1. The third kappa shape index (κ3) is 2.80. The number of hydrogen-bond donors (Lipinski definition) is 1. The van der Waals surface area contributed by atoms with Gasteiger partial charge in [-0.15, -0.1) is 22.7 Å². The minimum atomic E-state index is -0.244. The van der Waals surface area contributed by atoms with E-state index in [0.717, 1.165) is 32.2 Å². The Labute approximate surface area is 139 Å². The molecule has 3 aromatic heterocycles. The summed E-state index contributed by atoms with van der Waals surface area (Å²) in [5.41, 5.74) is 1.96. The number of nitrogens with one attached hydrogen (secondary N) is 1. The van der Waals surface area contributed by atoms with Crippen LogP contribution < -0.4 is 5.32 Å². The molecule has 0 amide bonds. The minimum absolute atomic E-state index is 0.244. The Balaban J connectivity index is 1.75. The van der Waals surface area contributed by atoms with Crippen molar-refractivity contribution in [2.45, 2.75) is 6.54 Å². The summed E-state index contributed by atoms with van der Waals surface area (Å²) in [6.07, 6.45) is 3.34. The first-order chi connectivity index (χ1) is 11.3. The van der Waals surface area contributed by atoms with Crippen LogP contribution >= 0.6 is 22.7 Å². The first-order valence-corrected chi connectivity index (χ1v) is 8.67. The molecule has 0 aliphatic rings. The third-order valence-corrected chi connectivity index (χ3v) is 5.08. The molecule has 3 heterocycles. The second-order valence-corrected chi connectivity index (χ2v) is 6.68. The molecule has 0 saturated heterocycles. The van der Waals surface area contributed by atoms with Crippen LogP contribution in [-0.4, -0.2) is 15.0 Å². The van der Waals surface area contributed by atoms with E-state index in [4.69, 9.17) is 0 Å². The van der Waals surface area contributed by atoms with Crippen LogP contribution in [0.15, 0.2) is 47.5 Å². The highest BCUT2D eigenvalue weighted by Gasteiger charge is 2.13. The standard InChI is InChI=1S/C16H11FN4S2/c17-11-3-1-10(2-4-11)12-8-23-16-14(12)15(20-9-21-16)19-7-13-18-5-6-22-13/h1-6,8-9H,7H2,(H,19,20,21). The number of benzene rings is 1. The predicted molar refractivity (Wildman–Crippen MR) is 92.2 cm³/mol. The van der Waals surface area contributed by atoms with Gasteiger partial charge in [-0.25, -0.2) is 19.3 Å². The lowest BCUT2D eigenvalue weighted by atomic mass is 10.1. The molecule has 0 saturated carbocycles. The number of rotatable bonds is 4. The Morgan fingerprint density at radius 1 is 1.04 bits per heavy atom. The molecule has 114 valence electrons. The highest BCUT2D eigenvalue weighted by atomic mass is 32.1. The Hall–Kier alpha value is -2.38. The highest BCUT2D eigenvalue weighted by molar-refractivity contribution is 7.17. The average Bonchev–Trinajstić information content (AvgIpc) is 3.23. The van der Waals surface area contributed by atoms with E-state index in [0.29, 0.717) is 6.54 Å². The van der Waals surface area contributed by atoms with Crippen molar-refractivity contribution in [2.24, 2.45) is 0 Å². The Morgan fingerprint density at radius 3 is 2.70 bits per heavy atom. The second kappa shape index (κ2) is 6.02. The fourth-order valence-electron chi connectivity index (χ4n) is 2.35. The zero-order valence-electron chi connectivity index (χ0n) is 11.9. The zero-order chi connectivity index (χ0) is 15.6. The molecule has 0 bridgehead atoms. The highest BCUT2D eigenvalue weighted by Crippen LogP contribution is 2.36. The third-order valence-electron chi connectivity index (χ3n) is 3.42. The molecule has 1 N–H and O–H groups in total. The first-order valence-electron chi connectivity index (χ1n) is 6.91. The van der Waals surface area contributed by atoms with Crippen molar-refractivity contribution >= 4 is 38.7 Å². The molecule has 23 heavy (non-hydrogen) atoms. The summed E-state index contributed by atoms with van der Waals surface area (Å²) >= 11 is 3.15. The zero-order valence-corrected chi connectivity index (χ0v) is 13.5. The molecule has 0 radical (unpaired) electrons. The first kappa shape index (κ1) is 14.2. The summed E-state index contributed by atoms with van der Waals surface area (Å²) in [6.45, 7) is 0.614. The molecule has 4 nitrogen and oxygen atoms in total. The van der Waals surface area contributed by atoms with Gasteiger partial charge in [0.1, 0.15) is 27.8 Å². The van der Waals surface area contributed by atoms with Gasteiger partial charge >= 0.3 is 0 Å². The van der Waals surface area contributed by atoms with Gasteiger partial charge in [-0.2, -0.15) is 0 Å². The molecule has 4 aromatic rings. The SMILES string of the molecule is Fc1ccc(-c2csc3ncnc(NCc4nccs4)c23)cc1. The van der Waals surface area contributed by atoms with E-state index in [2.05, 4.69) is 20.3 Å². The van der Waals surface area contributed by atoms with Crippen LogP contribution in [0.5, 0.6) is 0 Å². The van der Waals surface area contributed by atoms with Crippen molar-refractivity contribution in [2.75, 3.05) is 5.32 Å². The minimum Gasteiger partial charge on any atom is -0.363 e. The van der Waals surface area contributed by atoms with Gasteiger partial charge < -0.3 is 5.32 Å². The molecular formula is C16H11FN4S2. The van der Waals surface area contributed by atoms with Gasteiger partial charge in [0, 0.05) is 22.5 Å². The van der Waals surface area contributed by atoms with Crippen molar-refractivity contribution < 1.29 is 4.39 Å². The fraction of sp³-hybridized carbons (Fsp3) is 0.0625. The van der Waals surface area contributed by atoms with Crippen LogP contribution in [0.25, 0.3) is 21.3 Å². The lowest BCUT2D eigenvalue weighted by Crippen LogP contribution is -2.01. The maximum Gasteiger partial charge on any atom is 0.139 e. The quantitative estimate of drug-likeness (QED) is 0.590. The van der Waals surface area contributed by atoms with E-state index in [1.54, 1.807) is 47.3 Å². The van der Waals surface area contributed by atoms with Crippen molar-refractivity contribution in [1.29, 1.82) is 0 Å². The molecule has 0 aliphatic heterocycles. The molecule has 7 heteroatoms. The van der Waals surface area contributed by atoms with Crippen LogP contribution in [0.3, 0.4) is 0 Å². The van der Waals surface area contributed by atoms with Gasteiger partial charge in [0.15, 0.2) is 0 Å². The van der Waals surface area contributed by atoms with Crippen molar-refractivity contribution in [1.82, 2.24) is 15.0 Å². The molecule has 0 atom stereocenters. The summed E-state index contributed by atoms with van der Waals surface area (Å²) in [4.78, 5) is 13.9. The lowest BCUT2D eigenvalue weighted by Gasteiger charge is -2.07. The fourth-order valence-corrected chi connectivity index (χ4v) is 3.82. The number of fused-ring (bicyclic) bond motifs is 1. The van der Waals surface area contributed by atoms with Crippen LogP contribution in [-0.2, 0) is 6.54 Å². The average molecular weight is 342 g/mol. The van der Waals surface area contributed by atoms with Gasteiger partial charge in [-0.05, 0) is 17.7 Å². The molecule has 1 aromatic carbocycles. The van der Waals surface area contributed by atoms with Gasteiger partial charge in [-0.1, -0.05) is 12.1 Å². The smallest absolute Gasteiger partial charge is 0.139 e. The molecule has 0 aliphatic carbocycles. The topological polar surface area (TPSA) is 50.7 Å². The van der Waals surface area contributed by atoms with E-state index in [-0.39, 0.29) is 5.82 Å². The summed E-state index contributed by atoms with van der Waals surface area (Å²) < 4.78 is 13.2. The molecule has 0 unspecified atom stereocenters. The Kier molecular flexibility index (Phi) is 3.72. The maximum atomic E-state index is 13.2. The van der Waals surface area contributed by atoms with Crippen LogP contribution in [0.4, 0.5) is 10.2 Å². The molecule has 4 rings (SSSR count). The number of nitrogens with zero attached hydrogens (tertiary/aromatic N) is 3. The van der Waals surface area contributed by atoms with Crippen molar-refractivity contribution in [3.8, 4) is 11.1 Å². The summed E-state index contributed by atoms with van der Waals surface area (Å²) in [5.74, 6) is 0.525.